The van der Waals surface area contributed by atoms with Crippen LogP contribution in [0.15, 0.2) is 36.9 Å². The third-order valence-corrected chi connectivity index (χ3v) is 4.48. The molecule has 0 amide bonds. The summed E-state index contributed by atoms with van der Waals surface area (Å²) in [6.45, 7) is 0.821. The largest absolute Gasteiger partial charge is 0.468 e. The smallest absolute Gasteiger partial charge is 0.421 e. The maximum absolute atomic E-state index is 13.7. The maximum Gasteiger partial charge on any atom is 0.468 e. The van der Waals surface area contributed by atoms with E-state index in [9.17, 15) is 53.1 Å². The van der Waals surface area contributed by atoms with Crippen molar-refractivity contribution in [2.75, 3.05) is 6.61 Å². The molecule has 0 saturated heterocycles. The number of hydrogen-bond acceptors (Lipinski definition) is 7. The van der Waals surface area contributed by atoms with Gasteiger partial charge < -0.3 is 14.2 Å². The number of esters is 2. The second-order valence-corrected chi connectivity index (χ2v) is 7.41. The average molecular weight is 516 g/mol. The zero-order valence-electron chi connectivity index (χ0n) is 15.7. The van der Waals surface area contributed by atoms with E-state index in [2.05, 4.69) is 20.8 Å². The van der Waals surface area contributed by atoms with E-state index in [4.69, 9.17) is 4.55 Å². The number of carbonyl (C=O) groups is 2. The summed E-state index contributed by atoms with van der Waals surface area (Å²) >= 11 is 0. The van der Waals surface area contributed by atoms with Crippen molar-refractivity contribution in [3.8, 4) is 5.75 Å². The van der Waals surface area contributed by atoms with Crippen LogP contribution in [0, 0.1) is 0 Å². The molecule has 0 bridgehead atoms. The van der Waals surface area contributed by atoms with Crippen molar-refractivity contribution < 1.29 is 71.9 Å². The van der Waals surface area contributed by atoms with E-state index < -0.39 is 69.8 Å². The van der Waals surface area contributed by atoms with Gasteiger partial charge in [0.1, 0.15) is 5.75 Å². The molecule has 0 fully saturated rings. The van der Waals surface area contributed by atoms with Crippen molar-refractivity contribution in [3.63, 3.8) is 0 Å². The molecular weight excluding hydrogens is 504 g/mol. The van der Waals surface area contributed by atoms with E-state index in [-0.39, 0.29) is 6.08 Å². The van der Waals surface area contributed by atoms with Crippen LogP contribution in [-0.2, 0) is 35.4 Å². The molecule has 1 atom stereocenters. The van der Waals surface area contributed by atoms with Crippen LogP contribution >= 0.6 is 0 Å². The SMILES string of the molecule is C=CC(=O)OC(OCCC(F)(F)S(=O)(=O)O)(C(=O)Oc1ccc(C(F)(F)F)cc1)C(F)(F)F. The average Bonchev–Trinajstić information content (AvgIpc) is 2.64. The number of alkyl halides is 8. The Balaban J connectivity index is 3.31. The van der Waals surface area contributed by atoms with Gasteiger partial charge in [-0.2, -0.15) is 43.5 Å². The van der Waals surface area contributed by atoms with Crippen molar-refractivity contribution in [1.82, 2.24) is 0 Å². The first-order chi connectivity index (χ1) is 14.8. The first-order valence-electron chi connectivity index (χ1n) is 8.07. The molecular formula is C16H12F8O8S. The Morgan fingerprint density at radius 1 is 1.00 bits per heavy atom. The lowest BCUT2D eigenvalue weighted by atomic mass is 10.2. The van der Waals surface area contributed by atoms with Gasteiger partial charge in [0.25, 0.3) is 0 Å². The molecule has 0 aromatic heterocycles. The van der Waals surface area contributed by atoms with Crippen LogP contribution < -0.4 is 4.74 Å². The predicted octanol–water partition coefficient (Wildman–Crippen LogP) is 3.49. The van der Waals surface area contributed by atoms with E-state index in [0.29, 0.717) is 24.3 Å². The van der Waals surface area contributed by atoms with E-state index in [1.54, 1.807) is 0 Å². The fourth-order valence-corrected chi connectivity index (χ4v) is 2.24. The standard InChI is InChI=1S/C16H12F8O8S/c1-2-11(25)32-14(16(22,23)24,30-8-7-13(17,18)33(27,28)29)12(26)31-10-5-3-9(4-6-10)15(19,20)21/h2-6H,1,7-8H2,(H,27,28,29). The van der Waals surface area contributed by atoms with E-state index in [0.717, 1.165) is 0 Å². The summed E-state index contributed by atoms with van der Waals surface area (Å²) in [5, 5.41) is -5.02. The molecule has 33 heavy (non-hydrogen) atoms. The predicted molar refractivity (Wildman–Crippen MR) is 89.2 cm³/mol. The third kappa shape index (κ3) is 6.84. The van der Waals surface area contributed by atoms with Crippen LogP contribution in [0.1, 0.15) is 12.0 Å². The highest BCUT2D eigenvalue weighted by molar-refractivity contribution is 7.86. The van der Waals surface area contributed by atoms with Gasteiger partial charge in [0.15, 0.2) is 0 Å². The summed E-state index contributed by atoms with van der Waals surface area (Å²) in [6.07, 6.45) is -12.9. The third-order valence-electron chi connectivity index (χ3n) is 3.52. The van der Waals surface area contributed by atoms with Gasteiger partial charge in [-0.3, -0.25) is 4.55 Å². The highest BCUT2D eigenvalue weighted by Gasteiger charge is 2.68. The summed E-state index contributed by atoms with van der Waals surface area (Å²) in [6, 6.07) is 1.48. The maximum atomic E-state index is 13.7. The van der Waals surface area contributed by atoms with Crippen molar-refractivity contribution in [1.29, 1.82) is 0 Å². The molecule has 0 aliphatic rings. The van der Waals surface area contributed by atoms with Gasteiger partial charge in [-0.25, -0.2) is 9.59 Å². The van der Waals surface area contributed by atoms with Gasteiger partial charge in [-0.05, 0) is 24.3 Å². The number of carbonyl (C=O) groups excluding carboxylic acids is 2. The first kappa shape index (κ1) is 28.2. The highest BCUT2D eigenvalue weighted by Crippen LogP contribution is 2.38. The van der Waals surface area contributed by atoms with Crippen LogP contribution in [0.4, 0.5) is 35.1 Å². The molecule has 0 aliphatic carbocycles. The Hall–Kier alpha value is -2.79. The van der Waals surface area contributed by atoms with E-state index >= 15 is 0 Å². The molecule has 8 nitrogen and oxygen atoms in total. The van der Waals surface area contributed by atoms with Crippen molar-refractivity contribution in [2.45, 2.75) is 29.8 Å². The fourth-order valence-electron chi connectivity index (χ4n) is 1.90. The van der Waals surface area contributed by atoms with Gasteiger partial charge in [0.05, 0.1) is 18.6 Å². The molecule has 1 unspecified atom stereocenters. The molecule has 1 N–H and O–H groups in total. The van der Waals surface area contributed by atoms with Gasteiger partial charge in [-0.1, -0.05) is 6.58 Å². The molecule has 0 heterocycles. The van der Waals surface area contributed by atoms with Crippen molar-refractivity contribution in [2.24, 2.45) is 0 Å². The van der Waals surface area contributed by atoms with Gasteiger partial charge in [-0.15, -0.1) is 0 Å². The Kier molecular flexibility index (Phi) is 8.22. The van der Waals surface area contributed by atoms with Gasteiger partial charge in [0.2, 0.25) is 0 Å². The van der Waals surface area contributed by atoms with Crippen molar-refractivity contribution in [3.05, 3.63) is 42.5 Å². The lowest BCUT2D eigenvalue weighted by molar-refractivity contribution is -0.352. The number of ether oxygens (including phenoxy) is 3. The zero-order chi connectivity index (χ0) is 25.9. The number of rotatable bonds is 9. The number of benzene rings is 1. The van der Waals surface area contributed by atoms with Crippen LogP contribution in [0.3, 0.4) is 0 Å². The fraction of sp³-hybridized carbons (Fsp3) is 0.375. The van der Waals surface area contributed by atoms with Gasteiger partial charge in [0, 0.05) is 6.08 Å². The quantitative estimate of drug-likeness (QED) is 0.133. The molecule has 0 aliphatic heterocycles. The Labute approximate surface area is 179 Å². The molecule has 1 aromatic rings. The zero-order valence-corrected chi connectivity index (χ0v) is 16.6. The summed E-state index contributed by atoms with van der Waals surface area (Å²) in [7, 11) is -6.09. The normalized spacial score (nSPS) is 14.8. The minimum absolute atomic E-state index is 0.113. The molecule has 0 radical (unpaired) electrons. The lowest BCUT2D eigenvalue weighted by Gasteiger charge is -2.32. The second-order valence-electron chi connectivity index (χ2n) is 5.86. The monoisotopic (exact) mass is 516 g/mol. The summed E-state index contributed by atoms with van der Waals surface area (Å²) in [5.74, 6) is -10.3. The van der Waals surface area contributed by atoms with Crippen molar-refractivity contribution >= 4 is 22.1 Å². The Bertz CT molecular complexity index is 985. The molecule has 1 rings (SSSR count). The lowest BCUT2D eigenvalue weighted by Crippen LogP contribution is -2.59. The summed E-state index contributed by atoms with van der Waals surface area (Å²) < 4.78 is 147. The molecule has 186 valence electrons. The highest BCUT2D eigenvalue weighted by atomic mass is 32.2. The van der Waals surface area contributed by atoms with Crippen LogP contribution in [0.2, 0.25) is 0 Å². The molecule has 17 heteroatoms. The number of halogens is 8. The molecule has 1 aromatic carbocycles. The van der Waals surface area contributed by atoms with Crippen LogP contribution in [0.25, 0.3) is 0 Å². The molecule has 0 saturated carbocycles. The topological polar surface area (TPSA) is 116 Å². The van der Waals surface area contributed by atoms with E-state index in [1.165, 1.54) is 0 Å². The number of hydrogen-bond donors (Lipinski definition) is 1. The Morgan fingerprint density at radius 3 is 1.91 bits per heavy atom. The first-order valence-corrected chi connectivity index (χ1v) is 9.51. The minimum atomic E-state index is -6.09. The van der Waals surface area contributed by atoms with E-state index in [1.807, 2.05) is 0 Å². The summed E-state index contributed by atoms with van der Waals surface area (Å²) in [4.78, 5) is 23.6. The Morgan fingerprint density at radius 2 is 1.52 bits per heavy atom. The van der Waals surface area contributed by atoms with Gasteiger partial charge >= 0.3 is 45.5 Å². The van der Waals surface area contributed by atoms with Crippen LogP contribution in [-0.4, -0.2) is 48.7 Å². The van der Waals surface area contributed by atoms with Crippen LogP contribution in [0.5, 0.6) is 5.75 Å². The molecule has 0 spiro atoms. The summed E-state index contributed by atoms with van der Waals surface area (Å²) in [5.41, 5.74) is -1.27. The minimum Gasteiger partial charge on any atom is -0.421 e. The second kappa shape index (κ2) is 9.60.